The van der Waals surface area contributed by atoms with E-state index >= 15 is 0 Å². The Morgan fingerprint density at radius 2 is 2.04 bits per heavy atom. The van der Waals surface area contributed by atoms with Gasteiger partial charge in [0.2, 0.25) is 0 Å². The van der Waals surface area contributed by atoms with E-state index in [1.54, 1.807) is 11.6 Å². The van der Waals surface area contributed by atoms with Crippen LogP contribution in [0.3, 0.4) is 0 Å². The summed E-state index contributed by atoms with van der Waals surface area (Å²) in [6, 6.07) is 5.92. The topological polar surface area (TPSA) is 70.4 Å². The number of rotatable bonds is 12. The Kier molecular flexibility index (Phi) is 9.01. The molecule has 1 amide bonds. The fourth-order valence-corrected chi connectivity index (χ4v) is 3.19. The average molecular weight is 373 g/mol. The third kappa shape index (κ3) is 6.81. The Labute approximate surface area is 161 Å². The van der Waals surface area contributed by atoms with Crippen LogP contribution in [-0.4, -0.2) is 45.2 Å². The molecule has 27 heavy (non-hydrogen) atoms. The van der Waals surface area contributed by atoms with E-state index in [1.165, 1.54) is 38.2 Å². The molecule has 6 nitrogen and oxygen atoms in total. The first kappa shape index (κ1) is 21.1. The molecule has 2 rings (SSSR count). The fourth-order valence-electron chi connectivity index (χ4n) is 3.19. The van der Waals surface area contributed by atoms with Crippen LogP contribution in [0.1, 0.15) is 51.5 Å². The zero-order valence-electron chi connectivity index (χ0n) is 16.5. The first-order valence-corrected chi connectivity index (χ1v) is 9.97. The molecule has 0 unspecified atom stereocenters. The lowest BCUT2D eigenvalue weighted by molar-refractivity contribution is -0.124. The number of hydroxylamine groups is 1. The summed E-state index contributed by atoms with van der Waals surface area (Å²) in [7, 11) is 0. The number of hydrogen-bond acceptors (Lipinski definition) is 4. The number of nitrogens with one attached hydrogen (secondary N) is 1. The molecule has 1 heterocycles. The molecule has 0 spiro atoms. The van der Waals surface area contributed by atoms with Crippen LogP contribution in [0, 0.1) is 0 Å². The number of likely N-dealkylation sites (N-methyl/N-ethyl adjacent to an activating group) is 1. The maximum atomic E-state index is 11.1. The highest BCUT2D eigenvalue weighted by molar-refractivity contribution is 5.91. The van der Waals surface area contributed by atoms with E-state index in [2.05, 4.69) is 28.3 Å². The molecule has 2 N–H and O–H groups in total. The van der Waals surface area contributed by atoms with Crippen molar-refractivity contribution in [2.24, 2.45) is 0 Å². The number of nitrogens with zero attached hydrogens (tertiary/aromatic N) is 3. The van der Waals surface area contributed by atoms with E-state index in [4.69, 9.17) is 5.21 Å². The lowest BCUT2D eigenvalue weighted by atomic mass is 10.1. The molecule has 0 aliphatic rings. The van der Waals surface area contributed by atoms with E-state index in [0.717, 1.165) is 42.8 Å². The fraction of sp³-hybridized carbons (Fsp3) is 0.524. The molecule has 0 aliphatic carbocycles. The van der Waals surface area contributed by atoms with Gasteiger partial charge in [0.15, 0.2) is 0 Å². The zero-order valence-corrected chi connectivity index (χ0v) is 16.5. The molecule has 0 radical (unpaired) electrons. The maximum absolute atomic E-state index is 11.1. The predicted octanol–water partition coefficient (Wildman–Crippen LogP) is 3.85. The molecule has 0 atom stereocenters. The summed E-state index contributed by atoms with van der Waals surface area (Å²) in [5, 5.41) is 8.53. The van der Waals surface area contributed by atoms with Gasteiger partial charge >= 0.3 is 0 Å². The molecule has 0 saturated carbocycles. The van der Waals surface area contributed by atoms with Gasteiger partial charge in [0.25, 0.3) is 5.91 Å². The number of carbonyl (C=O) groups excluding carboxylic acids is 1. The van der Waals surface area contributed by atoms with Crippen molar-refractivity contribution < 1.29 is 10.0 Å². The number of fused-ring (bicyclic) bond motifs is 1. The van der Waals surface area contributed by atoms with Crippen LogP contribution in [0.2, 0.25) is 0 Å². The SMILES string of the molecule is CCCCCCCN(CC)CCn1cnc2cc(/C=C/C(=O)NO)ccc21. The van der Waals surface area contributed by atoms with E-state index < -0.39 is 5.91 Å². The van der Waals surface area contributed by atoms with Gasteiger partial charge in [-0.1, -0.05) is 45.6 Å². The highest BCUT2D eigenvalue weighted by Crippen LogP contribution is 2.16. The Bertz CT molecular complexity index is 739. The molecule has 1 aromatic heterocycles. The quantitative estimate of drug-likeness (QED) is 0.257. The maximum Gasteiger partial charge on any atom is 0.267 e. The highest BCUT2D eigenvalue weighted by atomic mass is 16.5. The molecule has 6 heteroatoms. The normalized spacial score (nSPS) is 11.7. The van der Waals surface area contributed by atoms with Gasteiger partial charge in [-0.2, -0.15) is 0 Å². The summed E-state index contributed by atoms with van der Waals surface area (Å²) >= 11 is 0. The van der Waals surface area contributed by atoms with Crippen molar-refractivity contribution in [2.45, 2.75) is 52.5 Å². The molecule has 0 bridgehead atoms. The minimum Gasteiger partial charge on any atom is -0.329 e. The van der Waals surface area contributed by atoms with Gasteiger partial charge in [-0.3, -0.25) is 10.0 Å². The Hall–Kier alpha value is -2.18. The van der Waals surface area contributed by atoms with E-state index in [0.29, 0.717) is 0 Å². The lowest BCUT2D eigenvalue weighted by Gasteiger charge is -2.20. The third-order valence-corrected chi connectivity index (χ3v) is 4.86. The van der Waals surface area contributed by atoms with Crippen LogP contribution < -0.4 is 5.48 Å². The summed E-state index contributed by atoms with van der Waals surface area (Å²) in [5.41, 5.74) is 4.46. The monoisotopic (exact) mass is 372 g/mol. The number of imidazole rings is 1. The van der Waals surface area contributed by atoms with Gasteiger partial charge in [0, 0.05) is 19.2 Å². The van der Waals surface area contributed by atoms with Crippen molar-refractivity contribution in [1.82, 2.24) is 19.9 Å². The predicted molar refractivity (Wildman–Crippen MR) is 110 cm³/mol. The second-order valence-electron chi connectivity index (χ2n) is 6.84. The van der Waals surface area contributed by atoms with Crippen molar-refractivity contribution in [3.8, 4) is 0 Å². The molecule has 148 valence electrons. The standard InChI is InChI=1S/C21H32N4O2/c1-3-5-6-7-8-13-24(4-2)14-15-25-17-22-19-16-18(9-11-20(19)25)10-12-21(26)23-27/h9-12,16-17,27H,3-8,13-15H2,1-2H3,(H,23,26)/b12-10+. The number of unbranched alkanes of at least 4 members (excludes halogenated alkanes) is 4. The van der Waals surface area contributed by atoms with Gasteiger partial charge in [-0.25, -0.2) is 10.5 Å². The third-order valence-electron chi connectivity index (χ3n) is 4.86. The summed E-state index contributed by atoms with van der Waals surface area (Å²) in [5.74, 6) is -0.546. The molecule has 1 aromatic carbocycles. The van der Waals surface area contributed by atoms with Crippen LogP contribution in [0.5, 0.6) is 0 Å². The second kappa shape index (κ2) is 11.5. The summed E-state index contributed by atoms with van der Waals surface area (Å²) < 4.78 is 2.18. The van der Waals surface area contributed by atoms with Crippen LogP contribution in [0.15, 0.2) is 30.6 Å². The number of benzene rings is 1. The van der Waals surface area contributed by atoms with Crippen molar-refractivity contribution in [3.63, 3.8) is 0 Å². The largest absolute Gasteiger partial charge is 0.329 e. The number of aromatic nitrogens is 2. The Morgan fingerprint density at radius 1 is 1.22 bits per heavy atom. The molecule has 2 aromatic rings. The summed E-state index contributed by atoms with van der Waals surface area (Å²) in [6.07, 6.45) is 11.4. The lowest BCUT2D eigenvalue weighted by Crippen LogP contribution is -2.28. The van der Waals surface area contributed by atoms with Crippen LogP contribution in [0.25, 0.3) is 17.1 Å². The van der Waals surface area contributed by atoms with Crippen LogP contribution in [0.4, 0.5) is 0 Å². The number of amides is 1. The van der Waals surface area contributed by atoms with Gasteiger partial charge in [0.05, 0.1) is 17.4 Å². The van der Waals surface area contributed by atoms with E-state index in [-0.39, 0.29) is 0 Å². The smallest absolute Gasteiger partial charge is 0.267 e. The molecule has 0 aliphatic heterocycles. The number of carbonyl (C=O) groups is 1. The van der Waals surface area contributed by atoms with Gasteiger partial charge in [-0.05, 0) is 43.3 Å². The van der Waals surface area contributed by atoms with Crippen LogP contribution >= 0.6 is 0 Å². The molecular weight excluding hydrogens is 340 g/mol. The highest BCUT2D eigenvalue weighted by Gasteiger charge is 2.06. The second-order valence-corrected chi connectivity index (χ2v) is 6.84. The molecule has 0 fully saturated rings. The molecule has 0 saturated heterocycles. The first-order valence-electron chi connectivity index (χ1n) is 9.97. The number of hydrogen-bond donors (Lipinski definition) is 2. The van der Waals surface area contributed by atoms with Gasteiger partial charge in [-0.15, -0.1) is 0 Å². The van der Waals surface area contributed by atoms with Crippen molar-refractivity contribution in [2.75, 3.05) is 19.6 Å². The van der Waals surface area contributed by atoms with Crippen molar-refractivity contribution in [1.29, 1.82) is 0 Å². The van der Waals surface area contributed by atoms with E-state index in [9.17, 15) is 4.79 Å². The minimum atomic E-state index is -0.546. The minimum absolute atomic E-state index is 0.546. The van der Waals surface area contributed by atoms with Crippen molar-refractivity contribution in [3.05, 3.63) is 36.2 Å². The van der Waals surface area contributed by atoms with E-state index in [1.807, 2.05) is 24.5 Å². The molecular formula is C21H32N4O2. The Morgan fingerprint density at radius 3 is 2.78 bits per heavy atom. The van der Waals surface area contributed by atoms with Gasteiger partial charge in [0.1, 0.15) is 0 Å². The Balaban J connectivity index is 1.90. The first-order chi connectivity index (χ1) is 13.2. The van der Waals surface area contributed by atoms with Crippen LogP contribution in [-0.2, 0) is 11.3 Å². The summed E-state index contributed by atoms with van der Waals surface area (Å²) in [4.78, 5) is 18.1. The van der Waals surface area contributed by atoms with Crippen molar-refractivity contribution >= 4 is 23.0 Å². The summed E-state index contributed by atoms with van der Waals surface area (Å²) in [6.45, 7) is 8.64. The zero-order chi connectivity index (χ0) is 19.5. The average Bonchev–Trinajstić information content (AvgIpc) is 3.10. The van der Waals surface area contributed by atoms with Gasteiger partial charge < -0.3 is 9.47 Å².